The summed E-state index contributed by atoms with van der Waals surface area (Å²) in [6.07, 6.45) is 2.93. The predicted molar refractivity (Wildman–Crippen MR) is 96.8 cm³/mol. The predicted octanol–water partition coefficient (Wildman–Crippen LogP) is 2.98. The summed E-state index contributed by atoms with van der Waals surface area (Å²) in [5.74, 6) is -0.757. The summed E-state index contributed by atoms with van der Waals surface area (Å²) in [6.45, 7) is -3.47. The Morgan fingerprint density at radius 2 is 2.03 bits per heavy atom. The Morgan fingerprint density at radius 1 is 1.28 bits per heavy atom. The monoisotopic (exact) mass is 441 g/mol. The molecular weight excluding hydrogens is 418 g/mol. The molecule has 1 saturated carbocycles. The van der Waals surface area contributed by atoms with Gasteiger partial charge in [-0.3, -0.25) is 4.90 Å². The highest BCUT2D eigenvalue weighted by atomic mass is 32.1. The third-order valence-electron chi connectivity index (χ3n) is 5.27. The first-order valence-electron chi connectivity index (χ1n) is 9.33. The highest BCUT2D eigenvalue weighted by molar-refractivity contribution is 7.17. The molecule has 29 heavy (non-hydrogen) atoms. The van der Waals surface area contributed by atoms with Crippen LogP contribution in [0.1, 0.15) is 28.9 Å². The van der Waals surface area contributed by atoms with Crippen molar-refractivity contribution >= 4 is 22.4 Å². The largest absolute Gasteiger partial charge is 0.477 e. The number of halogens is 4. The third-order valence-corrected chi connectivity index (χ3v) is 6.30. The van der Waals surface area contributed by atoms with Crippen molar-refractivity contribution in [2.75, 3.05) is 37.7 Å². The molecule has 0 amide bonds. The normalized spacial score (nSPS) is 25.6. The minimum atomic E-state index is -2.89. The molecule has 1 aromatic rings. The Morgan fingerprint density at radius 3 is 2.66 bits per heavy atom. The van der Waals surface area contributed by atoms with Crippen LogP contribution < -0.4 is 4.90 Å². The van der Waals surface area contributed by atoms with Gasteiger partial charge in [-0.25, -0.2) is 9.78 Å². The third kappa shape index (κ3) is 6.24. The van der Waals surface area contributed by atoms with Gasteiger partial charge in [-0.05, 0) is 31.7 Å². The summed E-state index contributed by atoms with van der Waals surface area (Å²) in [5.41, 5.74) is 0. The van der Waals surface area contributed by atoms with E-state index in [1.54, 1.807) is 0 Å². The molecule has 1 N–H and O–H groups in total. The van der Waals surface area contributed by atoms with Crippen LogP contribution in [0.25, 0.3) is 0 Å². The van der Waals surface area contributed by atoms with E-state index in [0.29, 0.717) is 43.5 Å². The van der Waals surface area contributed by atoms with Crippen LogP contribution in [0, 0.1) is 5.92 Å². The van der Waals surface area contributed by atoms with E-state index in [2.05, 4.69) is 19.4 Å². The molecule has 2 heterocycles. The summed E-state index contributed by atoms with van der Waals surface area (Å²) in [5, 5.41) is 9.54. The molecule has 1 aromatic heterocycles. The minimum absolute atomic E-state index is 0.0847. The Bertz CT molecular complexity index is 675. The van der Waals surface area contributed by atoms with Gasteiger partial charge in [0, 0.05) is 19.6 Å². The number of carboxylic acids is 1. The van der Waals surface area contributed by atoms with Crippen LogP contribution in [0.15, 0.2) is 6.20 Å². The van der Waals surface area contributed by atoms with Crippen molar-refractivity contribution in [2.45, 2.75) is 44.6 Å². The number of ether oxygens (including phenoxy) is 2. The van der Waals surface area contributed by atoms with Crippen LogP contribution in [-0.2, 0) is 9.47 Å². The van der Waals surface area contributed by atoms with Gasteiger partial charge < -0.3 is 19.5 Å². The fraction of sp³-hybridized carbons (Fsp3) is 0.765. The van der Waals surface area contributed by atoms with Crippen molar-refractivity contribution in [1.29, 1.82) is 0 Å². The lowest BCUT2D eigenvalue weighted by atomic mass is 9.80. The van der Waals surface area contributed by atoms with Crippen molar-refractivity contribution in [3.63, 3.8) is 0 Å². The molecule has 0 aromatic carbocycles. The lowest BCUT2D eigenvalue weighted by Crippen LogP contribution is -2.55. The van der Waals surface area contributed by atoms with Crippen LogP contribution >= 0.6 is 11.3 Å². The molecule has 3 rings (SSSR count). The van der Waals surface area contributed by atoms with Gasteiger partial charge in [0.25, 0.3) is 0 Å². The van der Waals surface area contributed by atoms with E-state index in [1.807, 2.05) is 4.90 Å². The van der Waals surface area contributed by atoms with E-state index in [9.17, 15) is 22.4 Å². The van der Waals surface area contributed by atoms with E-state index >= 15 is 0 Å². The molecule has 7 nitrogen and oxygen atoms in total. The molecule has 1 saturated heterocycles. The molecular formula is C17H23F4N3O4S. The van der Waals surface area contributed by atoms with Gasteiger partial charge >= 0.3 is 19.2 Å². The molecule has 2 fully saturated rings. The molecule has 0 spiro atoms. The maximum absolute atomic E-state index is 12.6. The first kappa shape index (κ1) is 22.2. The number of alkyl halides is 4. The molecule has 1 aliphatic heterocycles. The molecule has 0 bridgehead atoms. The molecule has 0 radical (unpaired) electrons. The van der Waals surface area contributed by atoms with E-state index in [-0.39, 0.29) is 23.6 Å². The van der Waals surface area contributed by atoms with E-state index in [0.717, 1.165) is 24.3 Å². The average molecular weight is 441 g/mol. The van der Waals surface area contributed by atoms with Crippen molar-refractivity contribution in [3.8, 4) is 0 Å². The lowest BCUT2D eigenvalue weighted by Gasteiger charge is -2.42. The number of nitrogens with zero attached hydrogens (tertiary/aromatic N) is 3. The van der Waals surface area contributed by atoms with Gasteiger partial charge in [0.1, 0.15) is 4.88 Å². The smallest absolute Gasteiger partial charge is 0.347 e. The molecule has 12 heteroatoms. The average Bonchev–Trinajstić information content (AvgIpc) is 3.11. The molecule has 164 valence electrons. The van der Waals surface area contributed by atoms with E-state index in [4.69, 9.17) is 5.11 Å². The van der Waals surface area contributed by atoms with Gasteiger partial charge in [0.2, 0.25) is 0 Å². The number of piperazine rings is 1. The van der Waals surface area contributed by atoms with Crippen molar-refractivity contribution in [3.05, 3.63) is 11.1 Å². The number of hydrogen-bond donors (Lipinski definition) is 1. The minimum Gasteiger partial charge on any atom is -0.477 e. The SMILES string of the molecule is O=C(O)c1cnc(N2CCN(CCC3CC(OC(F)F)C3)CC2COC(F)F)s1. The number of hydrogen-bond acceptors (Lipinski definition) is 7. The zero-order valence-electron chi connectivity index (χ0n) is 15.6. The van der Waals surface area contributed by atoms with E-state index in [1.165, 1.54) is 6.20 Å². The molecule has 1 atom stereocenters. The maximum atomic E-state index is 12.6. The van der Waals surface area contributed by atoms with Crippen LogP contribution in [0.5, 0.6) is 0 Å². The second-order valence-corrected chi connectivity index (χ2v) is 8.21. The van der Waals surface area contributed by atoms with Crippen LogP contribution in [-0.4, -0.2) is 79.1 Å². The van der Waals surface area contributed by atoms with Crippen LogP contribution in [0.3, 0.4) is 0 Å². The fourth-order valence-corrected chi connectivity index (χ4v) is 4.58. The number of carboxylic acid groups (broad SMARTS) is 1. The van der Waals surface area contributed by atoms with Crippen molar-refractivity contribution in [1.82, 2.24) is 9.88 Å². The van der Waals surface area contributed by atoms with Gasteiger partial charge in [0.05, 0.1) is 24.9 Å². The number of thiazole rings is 1. The highest BCUT2D eigenvalue weighted by Crippen LogP contribution is 2.34. The van der Waals surface area contributed by atoms with Gasteiger partial charge in [-0.15, -0.1) is 0 Å². The Balaban J connectivity index is 1.52. The zero-order chi connectivity index (χ0) is 21.0. The van der Waals surface area contributed by atoms with Gasteiger partial charge in [-0.2, -0.15) is 17.6 Å². The quantitative estimate of drug-likeness (QED) is 0.560. The zero-order valence-corrected chi connectivity index (χ0v) is 16.4. The van der Waals surface area contributed by atoms with Crippen molar-refractivity contribution in [2.24, 2.45) is 5.92 Å². The molecule has 1 unspecified atom stereocenters. The number of anilines is 1. The summed E-state index contributed by atoms with van der Waals surface area (Å²) < 4.78 is 58.4. The number of aromatic nitrogens is 1. The summed E-state index contributed by atoms with van der Waals surface area (Å²) in [7, 11) is 0. The molecule has 1 aliphatic carbocycles. The molecule has 2 aliphatic rings. The first-order valence-corrected chi connectivity index (χ1v) is 10.1. The number of rotatable bonds is 10. The number of carbonyl (C=O) groups is 1. The second-order valence-electron chi connectivity index (χ2n) is 7.20. The standard InChI is InChI=1S/C17H23F4N3O4S/c18-15(19)27-9-11-8-23(2-1-10-5-12(6-10)28-16(20)21)3-4-24(11)17-22-7-13(29-17)14(25)26/h7,10-12,15-16H,1-6,8-9H2,(H,25,26). The van der Waals surface area contributed by atoms with Gasteiger partial charge in [0.15, 0.2) is 5.13 Å². The Labute approximate surface area is 169 Å². The highest BCUT2D eigenvalue weighted by Gasteiger charge is 2.34. The maximum Gasteiger partial charge on any atom is 0.347 e. The van der Waals surface area contributed by atoms with Crippen LogP contribution in [0.2, 0.25) is 0 Å². The second kappa shape index (κ2) is 10.0. The topological polar surface area (TPSA) is 75.1 Å². The Kier molecular flexibility index (Phi) is 7.66. The van der Waals surface area contributed by atoms with Gasteiger partial charge in [-0.1, -0.05) is 11.3 Å². The summed E-state index contributed by atoms with van der Waals surface area (Å²) in [4.78, 5) is 19.2. The number of aromatic carboxylic acids is 1. The van der Waals surface area contributed by atoms with Crippen molar-refractivity contribution < 1.29 is 36.9 Å². The summed E-state index contributed by atoms with van der Waals surface area (Å²) >= 11 is 1.00. The fourth-order valence-electron chi connectivity index (χ4n) is 3.73. The lowest BCUT2D eigenvalue weighted by molar-refractivity contribution is -0.191. The Hall–Kier alpha value is -1.50. The summed E-state index contributed by atoms with van der Waals surface area (Å²) in [6, 6.07) is -0.387. The van der Waals surface area contributed by atoms with Crippen LogP contribution in [0.4, 0.5) is 22.7 Å². The first-order chi connectivity index (χ1) is 13.8. The van der Waals surface area contributed by atoms with E-state index < -0.39 is 19.2 Å².